The normalized spacial score (nSPS) is 27.0. The molecule has 0 aliphatic heterocycles. The van der Waals surface area contributed by atoms with Crippen molar-refractivity contribution >= 4 is 0 Å². The van der Waals surface area contributed by atoms with Crippen LogP contribution in [0.4, 0.5) is 0 Å². The van der Waals surface area contributed by atoms with Crippen molar-refractivity contribution in [2.45, 2.75) is 65.3 Å². The summed E-state index contributed by atoms with van der Waals surface area (Å²) in [5.41, 5.74) is 0. The Balaban J connectivity index is 2.38. The molecule has 1 N–H and O–H groups in total. The van der Waals surface area contributed by atoms with Crippen molar-refractivity contribution in [2.24, 2.45) is 11.8 Å². The molecule has 17 heavy (non-hydrogen) atoms. The molecule has 0 bridgehead atoms. The summed E-state index contributed by atoms with van der Waals surface area (Å²) in [6, 6.07) is 0.584. The third-order valence-electron chi connectivity index (χ3n) is 4.08. The van der Waals surface area contributed by atoms with Gasteiger partial charge in [0, 0.05) is 12.6 Å². The van der Waals surface area contributed by atoms with Crippen molar-refractivity contribution in [3.8, 4) is 0 Å². The average Bonchev–Trinajstić information content (AvgIpc) is 2.38. The molecule has 1 aliphatic rings. The van der Waals surface area contributed by atoms with E-state index in [2.05, 4.69) is 26.1 Å². The van der Waals surface area contributed by atoms with E-state index in [1.54, 1.807) is 0 Å². The van der Waals surface area contributed by atoms with Crippen LogP contribution < -0.4 is 5.32 Å². The Hall–Kier alpha value is -0.0800. The van der Waals surface area contributed by atoms with Gasteiger partial charge in [-0.25, -0.2) is 0 Å². The summed E-state index contributed by atoms with van der Waals surface area (Å²) in [4.78, 5) is 0. The van der Waals surface area contributed by atoms with Crippen LogP contribution in [0.15, 0.2) is 0 Å². The summed E-state index contributed by atoms with van der Waals surface area (Å²) in [5, 5.41) is 3.63. The van der Waals surface area contributed by atoms with Crippen molar-refractivity contribution in [3.05, 3.63) is 0 Å². The molecule has 0 aromatic heterocycles. The Bertz CT molecular complexity index is 184. The SMILES string of the molecule is CCCOCC(NCC)C1CCCC(CC)C1. The van der Waals surface area contributed by atoms with Crippen LogP contribution in [-0.4, -0.2) is 25.8 Å². The first-order chi connectivity index (χ1) is 8.31. The smallest absolute Gasteiger partial charge is 0.0622 e. The summed E-state index contributed by atoms with van der Waals surface area (Å²) >= 11 is 0. The quantitative estimate of drug-likeness (QED) is 0.656. The van der Waals surface area contributed by atoms with Gasteiger partial charge >= 0.3 is 0 Å². The molecule has 1 saturated carbocycles. The lowest BCUT2D eigenvalue weighted by molar-refractivity contribution is 0.0779. The van der Waals surface area contributed by atoms with Gasteiger partial charge in [-0.2, -0.15) is 0 Å². The van der Waals surface area contributed by atoms with E-state index >= 15 is 0 Å². The van der Waals surface area contributed by atoms with Gasteiger partial charge < -0.3 is 10.1 Å². The largest absolute Gasteiger partial charge is 0.380 e. The Kier molecular flexibility index (Phi) is 7.87. The fourth-order valence-electron chi connectivity index (χ4n) is 3.05. The maximum Gasteiger partial charge on any atom is 0.0622 e. The van der Waals surface area contributed by atoms with E-state index in [0.29, 0.717) is 6.04 Å². The molecule has 0 radical (unpaired) electrons. The molecule has 0 saturated heterocycles. The number of hydrogen-bond donors (Lipinski definition) is 1. The highest BCUT2D eigenvalue weighted by molar-refractivity contribution is 4.82. The maximum atomic E-state index is 5.76. The lowest BCUT2D eigenvalue weighted by atomic mass is 9.77. The fourth-order valence-corrected chi connectivity index (χ4v) is 3.05. The van der Waals surface area contributed by atoms with Crippen molar-refractivity contribution < 1.29 is 4.74 Å². The van der Waals surface area contributed by atoms with E-state index in [1.807, 2.05) is 0 Å². The van der Waals surface area contributed by atoms with Crippen LogP contribution in [0.5, 0.6) is 0 Å². The summed E-state index contributed by atoms with van der Waals surface area (Å²) in [5.74, 6) is 1.80. The second kappa shape index (κ2) is 8.93. The van der Waals surface area contributed by atoms with Crippen LogP contribution in [0.25, 0.3) is 0 Å². The minimum atomic E-state index is 0.584. The average molecular weight is 241 g/mol. The maximum absolute atomic E-state index is 5.76. The van der Waals surface area contributed by atoms with Gasteiger partial charge in [-0.05, 0) is 37.6 Å². The lowest BCUT2D eigenvalue weighted by Gasteiger charge is -2.34. The van der Waals surface area contributed by atoms with Crippen molar-refractivity contribution in [1.82, 2.24) is 5.32 Å². The number of likely N-dealkylation sites (N-methyl/N-ethyl adjacent to an activating group) is 1. The molecule has 0 aromatic carbocycles. The van der Waals surface area contributed by atoms with Gasteiger partial charge in [0.15, 0.2) is 0 Å². The van der Waals surface area contributed by atoms with E-state index in [0.717, 1.165) is 38.0 Å². The minimum absolute atomic E-state index is 0.584. The van der Waals surface area contributed by atoms with Crippen molar-refractivity contribution in [2.75, 3.05) is 19.8 Å². The molecular weight excluding hydrogens is 210 g/mol. The predicted molar refractivity (Wildman–Crippen MR) is 74.3 cm³/mol. The zero-order valence-electron chi connectivity index (χ0n) is 12.0. The first-order valence-electron chi connectivity index (χ1n) is 7.62. The topological polar surface area (TPSA) is 21.3 Å². The molecule has 1 rings (SSSR count). The number of ether oxygens (including phenoxy) is 1. The van der Waals surface area contributed by atoms with Crippen LogP contribution in [-0.2, 0) is 4.74 Å². The van der Waals surface area contributed by atoms with E-state index in [-0.39, 0.29) is 0 Å². The van der Waals surface area contributed by atoms with Gasteiger partial charge in [-0.15, -0.1) is 0 Å². The van der Waals surface area contributed by atoms with E-state index in [9.17, 15) is 0 Å². The van der Waals surface area contributed by atoms with Crippen molar-refractivity contribution in [1.29, 1.82) is 0 Å². The Morgan fingerprint density at radius 3 is 2.71 bits per heavy atom. The zero-order valence-corrected chi connectivity index (χ0v) is 12.0. The van der Waals surface area contributed by atoms with Gasteiger partial charge in [0.05, 0.1) is 6.61 Å². The van der Waals surface area contributed by atoms with Crippen LogP contribution in [0.3, 0.4) is 0 Å². The molecule has 0 amide bonds. The standard InChI is InChI=1S/C15H31NO/c1-4-10-17-12-15(16-6-3)14-9-7-8-13(5-2)11-14/h13-16H,4-12H2,1-3H3. The van der Waals surface area contributed by atoms with E-state index in [4.69, 9.17) is 4.74 Å². The zero-order chi connectivity index (χ0) is 12.5. The van der Waals surface area contributed by atoms with Crippen molar-refractivity contribution in [3.63, 3.8) is 0 Å². The predicted octanol–water partition coefficient (Wildman–Crippen LogP) is 3.61. The summed E-state index contributed by atoms with van der Waals surface area (Å²) in [6.45, 7) is 9.59. The van der Waals surface area contributed by atoms with Gasteiger partial charge in [0.1, 0.15) is 0 Å². The van der Waals surface area contributed by atoms with Gasteiger partial charge in [-0.1, -0.05) is 40.0 Å². The third-order valence-corrected chi connectivity index (χ3v) is 4.08. The first kappa shape index (κ1) is 15.0. The molecule has 2 nitrogen and oxygen atoms in total. The second-order valence-corrected chi connectivity index (χ2v) is 5.44. The molecule has 102 valence electrons. The summed E-state index contributed by atoms with van der Waals surface area (Å²) < 4.78 is 5.76. The van der Waals surface area contributed by atoms with Crippen LogP contribution >= 0.6 is 0 Å². The lowest BCUT2D eigenvalue weighted by Crippen LogP contribution is -2.42. The highest BCUT2D eigenvalue weighted by atomic mass is 16.5. The molecule has 3 atom stereocenters. The Morgan fingerprint density at radius 1 is 1.24 bits per heavy atom. The molecule has 1 fully saturated rings. The van der Waals surface area contributed by atoms with E-state index in [1.165, 1.54) is 32.1 Å². The van der Waals surface area contributed by atoms with Crippen LogP contribution in [0.1, 0.15) is 59.3 Å². The highest BCUT2D eigenvalue weighted by Crippen LogP contribution is 2.33. The molecule has 0 heterocycles. The number of nitrogens with one attached hydrogen (secondary N) is 1. The van der Waals surface area contributed by atoms with Gasteiger partial charge in [-0.3, -0.25) is 0 Å². The van der Waals surface area contributed by atoms with Gasteiger partial charge in [0.25, 0.3) is 0 Å². The van der Waals surface area contributed by atoms with Crippen LogP contribution in [0, 0.1) is 11.8 Å². The van der Waals surface area contributed by atoms with E-state index < -0.39 is 0 Å². The molecule has 0 spiro atoms. The third kappa shape index (κ3) is 5.39. The molecule has 2 heteroatoms. The fraction of sp³-hybridized carbons (Fsp3) is 1.00. The minimum Gasteiger partial charge on any atom is -0.380 e. The Labute approximate surface area is 108 Å². The molecule has 3 unspecified atom stereocenters. The summed E-state index contributed by atoms with van der Waals surface area (Å²) in [6.07, 6.45) is 8.14. The molecule has 1 aliphatic carbocycles. The number of rotatable bonds is 8. The second-order valence-electron chi connectivity index (χ2n) is 5.44. The van der Waals surface area contributed by atoms with Crippen LogP contribution in [0.2, 0.25) is 0 Å². The number of hydrogen-bond acceptors (Lipinski definition) is 2. The van der Waals surface area contributed by atoms with Gasteiger partial charge in [0.2, 0.25) is 0 Å². The Morgan fingerprint density at radius 2 is 2.06 bits per heavy atom. The first-order valence-corrected chi connectivity index (χ1v) is 7.62. The molecule has 0 aromatic rings. The highest BCUT2D eigenvalue weighted by Gasteiger charge is 2.27. The summed E-state index contributed by atoms with van der Waals surface area (Å²) in [7, 11) is 0. The molecular formula is C15H31NO. The monoisotopic (exact) mass is 241 g/mol.